The van der Waals surface area contributed by atoms with Crippen LogP contribution in [0.15, 0.2) is 0 Å². The van der Waals surface area contributed by atoms with Crippen molar-refractivity contribution in [2.75, 3.05) is 40.3 Å². The van der Waals surface area contributed by atoms with Gasteiger partial charge in [-0.1, -0.05) is 13.8 Å². The number of hydrogen-bond acceptors (Lipinski definition) is 4. The zero-order valence-electron chi connectivity index (χ0n) is 12.9. The van der Waals surface area contributed by atoms with Gasteiger partial charge in [0.25, 0.3) is 0 Å². The van der Waals surface area contributed by atoms with Gasteiger partial charge in [-0.15, -0.1) is 0 Å². The van der Waals surface area contributed by atoms with Crippen LogP contribution in [0.5, 0.6) is 0 Å². The van der Waals surface area contributed by atoms with Crippen LogP contribution in [0.2, 0.25) is 0 Å². The summed E-state index contributed by atoms with van der Waals surface area (Å²) in [6, 6.07) is 0.0694. The smallest absolute Gasteiger partial charge is 0.234 e. The van der Waals surface area contributed by atoms with E-state index in [0.717, 1.165) is 25.4 Å². The van der Waals surface area contributed by atoms with Crippen LogP contribution in [0, 0.1) is 5.92 Å². The van der Waals surface area contributed by atoms with E-state index in [1.807, 2.05) is 13.8 Å². The van der Waals surface area contributed by atoms with Gasteiger partial charge in [-0.3, -0.25) is 4.79 Å². The van der Waals surface area contributed by atoms with Gasteiger partial charge in [0.1, 0.15) is 0 Å². The summed E-state index contributed by atoms with van der Waals surface area (Å²) in [5, 5.41) is 3.23. The quantitative estimate of drug-likeness (QED) is 0.657. The van der Waals surface area contributed by atoms with Crippen LogP contribution in [0.25, 0.3) is 0 Å². The van der Waals surface area contributed by atoms with Crippen LogP contribution in [-0.4, -0.2) is 68.1 Å². The average Bonchev–Trinajstić information content (AvgIpc) is 2.69. The lowest BCUT2D eigenvalue weighted by Crippen LogP contribution is -2.46. The van der Waals surface area contributed by atoms with Crippen LogP contribution in [0.3, 0.4) is 0 Å². The fourth-order valence-corrected chi connectivity index (χ4v) is 2.77. The monoisotopic (exact) mass is 270 g/mol. The predicted molar refractivity (Wildman–Crippen MR) is 79.0 cm³/mol. The molecule has 0 bridgehead atoms. The van der Waals surface area contributed by atoms with Gasteiger partial charge in [0.05, 0.1) is 6.04 Å². The Kier molecular flexibility index (Phi) is 6.75. The topological polar surface area (TPSA) is 61.6 Å². The van der Waals surface area contributed by atoms with E-state index in [9.17, 15) is 4.79 Å². The van der Waals surface area contributed by atoms with Crippen LogP contribution in [0.1, 0.15) is 26.7 Å². The summed E-state index contributed by atoms with van der Waals surface area (Å²) in [6.07, 6.45) is 2.07. The number of nitrogens with zero attached hydrogens (tertiary/aromatic N) is 2. The molecule has 0 saturated carbocycles. The second-order valence-corrected chi connectivity index (χ2v) is 6.24. The SMILES string of the molecule is CC(C)NC(CCN(C)CC1CCN(C)C1)C(N)=O. The van der Waals surface area contributed by atoms with Crippen molar-refractivity contribution in [2.24, 2.45) is 11.7 Å². The van der Waals surface area contributed by atoms with Gasteiger partial charge < -0.3 is 20.9 Å². The van der Waals surface area contributed by atoms with E-state index >= 15 is 0 Å². The first-order chi connectivity index (χ1) is 8.88. The molecule has 0 aromatic carbocycles. The van der Waals surface area contributed by atoms with Crippen LogP contribution < -0.4 is 11.1 Å². The number of nitrogens with two attached hydrogens (primary N) is 1. The van der Waals surface area contributed by atoms with Gasteiger partial charge in [0.2, 0.25) is 5.91 Å². The summed E-state index contributed by atoms with van der Waals surface area (Å²) >= 11 is 0. The van der Waals surface area contributed by atoms with Crippen molar-refractivity contribution >= 4 is 5.91 Å². The fourth-order valence-electron chi connectivity index (χ4n) is 2.77. The van der Waals surface area contributed by atoms with Crippen molar-refractivity contribution in [3.05, 3.63) is 0 Å². The molecule has 5 nitrogen and oxygen atoms in total. The van der Waals surface area contributed by atoms with Crippen molar-refractivity contribution in [1.82, 2.24) is 15.1 Å². The molecule has 1 rings (SSSR count). The zero-order valence-corrected chi connectivity index (χ0v) is 12.9. The Bertz CT molecular complexity index is 283. The molecule has 1 heterocycles. The standard InChI is InChI=1S/C14H30N4O/c1-11(2)16-13(14(15)19)6-8-18(4)10-12-5-7-17(3)9-12/h11-13,16H,5-10H2,1-4H3,(H2,15,19). The first kappa shape index (κ1) is 16.4. The number of hydrogen-bond donors (Lipinski definition) is 2. The Morgan fingerprint density at radius 1 is 1.53 bits per heavy atom. The van der Waals surface area contributed by atoms with Gasteiger partial charge in [0, 0.05) is 19.1 Å². The lowest BCUT2D eigenvalue weighted by Gasteiger charge is -2.24. The molecule has 0 aromatic heterocycles. The highest BCUT2D eigenvalue weighted by molar-refractivity contribution is 5.79. The highest BCUT2D eigenvalue weighted by atomic mass is 16.1. The molecule has 1 saturated heterocycles. The third kappa shape index (κ3) is 6.36. The third-order valence-electron chi connectivity index (χ3n) is 3.74. The summed E-state index contributed by atoms with van der Waals surface area (Å²) in [6.45, 7) is 8.48. The van der Waals surface area contributed by atoms with E-state index in [-0.39, 0.29) is 18.0 Å². The van der Waals surface area contributed by atoms with Crippen molar-refractivity contribution in [3.8, 4) is 0 Å². The number of carbonyl (C=O) groups is 1. The van der Waals surface area contributed by atoms with E-state index in [1.54, 1.807) is 0 Å². The van der Waals surface area contributed by atoms with Crippen LogP contribution in [-0.2, 0) is 4.79 Å². The van der Waals surface area contributed by atoms with Gasteiger partial charge in [-0.05, 0) is 45.9 Å². The molecule has 0 spiro atoms. The van der Waals surface area contributed by atoms with E-state index in [2.05, 4.69) is 29.2 Å². The number of rotatable bonds is 8. The summed E-state index contributed by atoms with van der Waals surface area (Å²) in [5.41, 5.74) is 5.43. The van der Waals surface area contributed by atoms with Gasteiger partial charge in [-0.25, -0.2) is 0 Å². The number of amides is 1. The second kappa shape index (κ2) is 7.82. The van der Waals surface area contributed by atoms with Gasteiger partial charge in [-0.2, -0.15) is 0 Å². The molecule has 0 aromatic rings. The minimum atomic E-state index is -0.248. The summed E-state index contributed by atoms with van der Waals surface area (Å²) in [4.78, 5) is 16.1. The van der Waals surface area contributed by atoms with E-state index < -0.39 is 0 Å². The Hall–Kier alpha value is -0.650. The molecular formula is C14H30N4O. The second-order valence-electron chi connectivity index (χ2n) is 6.24. The van der Waals surface area contributed by atoms with Crippen molar-refractivity contribution < 1.29 is 4.79 Å². The first-order valence-corrected chi connectivity index (χ1v) is 7.31. The van der Waals surface area contributed by atoms with E-state index in [1.165, 1.54) is 19.5 Å². The van der Waals surface area contributed by atoms with Gasteiger partial charge >= 0.3 is 0 Å². The zero-order chi connectivity index (χ0) is 14.4. The van der Waals surface area contributed by atoms with Gasteiger partial charge in [0.15, 0.2) is 0 Å². The summed E-state index contributed by atoms with van der Waals surface area (Å²) in [5.74, 6) is 0.516. The molecule has 1 fully saturated rings. The molecule has 1 aliphatic heterocycles. The molecule has 19 heavy (non-hydrogen) atoms. The molecular weight excluding hydrogens is 240 g/mol. The van der Waals surface area contributed by atoms with Crippen LogP contribution >= 0.6 is 0 Å². The number of carbonyl (C=O) groups excluding carboxylic acids is 1. The van der Waals surface area contributed by atoms with Crippen LogP contribution in [0.4, 0.5) is 0 Å². The Morgan fingerprint density at radius 2 is 2.21 bits per heavy atom. The molecule has 0 aliphatic carbocycles. The number of nitrogens with one attached hydrogen (secondary N) is 1. The summed E-state index contributed by atoms with van der Waals surface area (Å²) < 4.78 is 0. The largest absolute Gasteiger partial charge is 0.368 e. The molecule has 112 valence electrons. The lowest BCUT2D eigenvalue weighted by atomic mass is 10.1. The fraction of sp³-hybridized carbons (Fsp3) is 0.929. The lowest BCUT2D eigenvalue weighted by molar-refractivity contribution is -0.120. The molecule has 2 atom stereocenters. The minimum absolute atomic E-state index is 0.214. The van der Waals surface area contributed by atoms with Crippen molar-refractivity contribution in [2.45, 2.75) is 38.8 Å². The Morgan fingerprint density at radius 3 is 2.68 bits per heavy atom. The van der Waals surface area contributed by atoms with E-state index in [0.29, 0.717) is 0 Å². The summed E-state index contributed by atoms with van der Waals surface area (Å²) in [7, 11) is 4.31. The van der Waals surface area contributed by atoms with Crippen molar-refractivity contribution in [1.29, 1.82) is 0 Å². The normalized spacial score (nSPS) is 22.3. The maximum absolute atomic E-state index is 11.4. The minimum Gasteiger partial charge on any atom is -0.368 e. The molecule has 1 amide bonds. The third-order valence-corrected chi connectivity index (χ3v) is 3.74. The first-order valence-electron chi connectivity index (χ1n) is 7.31. The Balaban J connectivity index is 2.27. The molecule has 1 aliphatic rings. The Labute approximate surface area is 117 Å². The molecule has 0 radical (unpaired) electrons. The highest BCUT2D eigenvalue weighted by Crippen LogP contribution is 2.15. The van der Waals surface area contributed by atoms with Crippen molar-refractivity contribution in [3.63, 3.8) is 0 Å². The predicted octanol–water partition coefficient (Wildman–Crippen LogP) is 0.112. The maximum atomic E-state index is 11.4. The highest BCUT2D eigenvalue weighted by Gasteiger charge is 2.22. The average molecular weight is 270 g/mol. The maximum Gasteiger partial charge on any atom is 0.234 e. The molecule has 5 heteroatoms. The number of primary amides is 1. The number of likely N-dealkylation sites (tertiary alicyclic amines) is 1. The molecule has 3 N–H and O–H groups in total. The molecule has 2 unspecified atom stereocenters. The van der Waals surface area contributed by atoms with E-state index in [4.69, 9.17) is 5.73 Å².